The average molecular weight is 368 g/mol. The zero-order valence-corrected chi connectivity index (χ0v) is 12.6. The van der Waals surface area contributed by atoms with Crippen LogP contribution in [0.3, 0.4) is 0 Å². The van der Waals surface area contributed by atoms with Crippen LogP contribution in [0, 0.1) is 0 Å². The SMILES string of the molecule is O=S(=O)(Cc1cc(C(F)(F)F)cc(C(F)(F)F)c1)c1ccccc1. The van der Waals surface area contributed by atoms with Crippen LogP contribution in [-0.2, 0) is 27.9 Å². The van der Waals surface area contributed by atoms with Crippen molar-refractivity contribution in [3.63, 3.8) is 0 Å². The van der Waals surface area contributed by atoms with Crippen molar-refractivity contribution in [2.24, 2.45) is 0 Å². The summed E-state index contributed by atoms with van der Waals surface area (Å²) in [6, 6.07) is 7.55. The van der Waals surface area contributed by atoms with Gasteiger partial charge >= 0.3 is 12.4 Å². The number of hydrogen-bond acceptors (Lipinski definition) is 2. The zero-order chi connectivity index (χ0) is 18.2. The summed E-state index contributed by atoms with van der Waals surface area (Å²) >= 11 is 0. The third kappa shape index (κ3) is 4.28. The van der Waals surface area contributed by atoms with E-state index in [1.165, 1.54) is 30.3 Å². The fourth-order valence-corrected chi connectivity index (χ4v) is 3.38. The van der Waals surface area contributed by atoms with E-state index in [0.717, 1.165) is 0 Å². The Kier molecular flexibility index (Phi) is 4.67. The van der Waals surface area contributed by atoms with Crippen LogP contribution < -0.4 is 0 Å². The Labute approximate surface area is 133 Å². The van der Waals surface area contributed by atoms with Crippen molar-refractivity contribution in [1.82, 2.24) is 0 Å². The van der Waals surface area contributed by atoms with Crippen LogP contribution in [0.5, 0.6) is 0 Å². The Balaban J connectivity index is 2.51. The lowest BCUT2D eigenvalue weighted by Crippen LogP contribution is -2.13. The molecule has 0 unspecified atom stereocenters. The van der Waals surface area contributed by atoms with E-state index in [9.17, 15) is 34.8 Å². The van der Waals surface area contributed by atoms with Crippen LogP contribution in [0.1, 0.15) is 16.7 Å². The Morgan fingerprint density at radius 1 is 0.750 bits per heavy atom. The first-order valence-corrected chi connectivity index (χ1v) is 8.11. The van der Waals surface area contributed by atoms with E-state index in [4.69, 9.17) is 0 Å². The highest BCUT2D eigenvalue weighted by atomic mass is 32.2. The minimum atomic E-state index is -5.02. The number of halogens is 6. The second-order valence-corrected chi connectivity index (χ2v) is 6.98. The second kappa shape index (κ2) is 6.12. The third-order valence-electron chi connectivity index (χ3n) is 3.11. The molecule has 0 aliphatic rings. The molecule has 0 N–H and O–H groups in total. The molecule has 0 saturated carbocycles. The highest BCUT2D eigenvalue weighted by Crippen LogP contribution is 2.36. The van der Waals surface area contributed by atoms with E-state index >= 15 is 0 Å². The first-order chi connectivity index (χ1) is 10.9. The Bertz CT molecular complexity index is 791. The van der Waals surface area contributed by atoms with Crippen molar-refractivity contribution in [1.29, 1.82) is 0 Å². The highest BCUT2D eigenvalue weighted by Gasteiger charge is 2.37. The van der Waals surface area contributed by atoms with Gasteiger partial charge in [0.15, 0.2) is 9.84 Å². The third-order valence-corrected chi connectivity index (χ3v) is 4.81. The van der Waals surface area contributed by atoms with Gasteiger partial charge in [-0.1, -0.05) is 18.2 Å². The molecule has 0 amide bonds. The molecule has 0 spiro atoms. The molecule has 24 heavy (non-hydrogen) atoms. The van der Waals surface area contributed by atoms with Gasteiger partial charge in [0, 0.05) is 0 Å². The molecule has 0 bridgehead atoms. The smallest absolute Gasteiger partial charge is 0.223 e. The number of hydrogen-bond donors (Lipinski definition) is 0. The van der Waals surface area contributed by atoms with Crippen LogP contribution >= 0.6 is 0 Å². The Morgan fingerprint density at radius 2 is 1.21 bits per heavy atom. The molecule has 0 radical (unpaired) electrons. The number of benzene rings is 2. The molecule has 9 heteroatoms. The van der Waals surface area contributed by atoms with Gasteiger partial charge in [0.2, 0.25) is 0 Å². The van der Waals surface area contributed by atoms with E-state index in [1.807, 2.05) is 0 Å². The van der Waals surface area contributed by atoms with E-state index in [1.54, 1.807) is 0 Å². The van der Waals surface area contributed by atoms with Crippen LogP contribution in [-0.4, -0.2) is 8.42 Å². The van der Waals surface area contributed by atoms with E-state index in [-0.39, 0.29) is 11.0 Å². The van der Waals surface area contributed by atoms with Crippen molar-refractivity contribution in [2.75, 3.05) is 0 Å². The van der Waals surface area contributed by atoms with E-state index < -0.39 is 44.6 Å². The summed E-state index contributed by atoms with van der Waals surface area (Å²) in [5.74, 6) is -0.968. The predicted octanol–water partition coefficient (Wildman–Crippen LogP) is 4.70. The van der Waals surface area contributed by atoms with Crippen molar-refractivity contribution in [3.8, 4) is 0 Å². The van der Waals surface area contributed by atoms with Gasteiger partial charge in [0.25, 0.3) is 0 Å². The molecule has 2 aromatic carbocycles. The minimum Gasteiger partial charge on any atom is -0.223 e. The van der Waals surface area contributed by atoms with Crippen LogP contribution in [0.15, 0.2) is 53.4 Å². The van der Waals surface area contributed by atoms with Gasteiger partial charge in [-0.3, -0.25) is 0 Å². The first-order valence-electron chi connectivity index (χ1n) is 6.46. The molecule has 130 valence electrons. The minimum absolute atomic E-state index is 0.0430. The summed E-state index contributed by atoms with van der Waals surface area (Å²) < 4.78 is 101. The number of rotatable bonds is 3. The summed E-state index contributed by atoms with van der Waals surface area (Å²) in [6.45, 7) is 0. The normalized spacial score (nSPS) is 13.1. The van der Waals surface area contributed by atoms with Gasteiger partial charge in [0.1, 0.15) is 0 Å². The van der Waals surface area contributed by atoms with Gasteiger partial charge in [-0.25, -0.2) is 8.42 Å². The molecule has 0 aliphatic heterocycles. The lowest BCUT2D eigenvalue weighted by atomic mass is 10.1. The summed E-state index contributed by atoms with van der Waals surface area (Å²) in [4.78, 5) is -0.184. The van der Waals surface area contributed by atoms with Crippen LogP contribution in [0.25, 0.3) is 0 Å². The Hall–Kier alpha value is -2.03. The summed E-state index contributed by atoms with van der Waals surface area (Å²) in [7, 11) is -4.07. The van der Waals surface area contributed by atoms with Gasteiger partial charge in [-0.05, 0) is 35.9 Å². The molecular weight excluding hydrogens is 358 g/mol. The molecule has 0 saturated heterocycles. The van der Waals surface area contributed by atoms with Crippen molar-refractivity contribution in [2.45, 2.75) is 23.0 Å². The van der Waals surface area contributed by atoms with Crippen molar-refractivity contribution in [3.05, 3.63) is 65.2 Å². The summed E-state index contributed by atoms with van der Waals surface area (Å²) in [5.41, 5.74) is -3.67. The number of alkyl halides is 6. The zero-order valence-electron chi connectivity index (χ0n) is 11.8. The lowest BCUT2D eigenvalue weighted by molar-refractivity contribution is -0.143. The van der Waals surface area contributed by atoms with Crippen LogP contribution in [0.4, 0.5) is 26.3 Å². The lowest BCUT2D eigenvalue weighted by Gasteiger charge is -2.14. The molecule has 0 fully saturated rings. The van der Waals surface area contributed by atoms with Crippen LogP contribution in [0.2, 0.25) is 0 Å². The fraction of sp³-hybridized carbons (Fsp3) is 0.200. The van der Waals surface area contributed by atoms with Gasteiger partial charge < -0.3 is 0 Å². The fourth-order valence-electron chi connectivity index (χ4n) is 2.03. The summed E-state index contributed by atoms with van der Waals surface area (Å²) in [5, 5.41) is 0. The molecule has 2 nitrogen and oxygen atoms in total. The number of sulfone groups is 1. The van der Waals surface area contributed by atoms with Gasteiger partial charge in [-0.2, -0.15) is 26.3 Å². The largest absolute Gasteiger partial charge is 0.416 e. The predicted molar refractivity (Wildman–Crippen MR) is 73.8 cm³/mol. The Morgan fingerprint density at radius 3 is 1.62 bits per heavy atom. The second-order valence-electron chi connectivity index (χ2n) is 4.99. The molecule has 0 aromatic heterocycles. The maximum atomic E-state index is 12.8. The van der Waals surface area contributed by atoms with Crippen molar-refractivity contribution < 1.29 is 34.8 Å². The van der Waals surface area contributed by atoms with Gasteiger partial charge in [-0.15, -0.1) is 0 Å². The van der Waals surface area contributed by atoms with Crippen molar-refractivity contribution >= 4 is 9.84 Å². The monoisotopic (exact) mass is 368 g/mol. The van der Waals surface area contributed by atoms with E-state index in [0.29, 0.717) is 12.1 Å². The standard InChI is InChI=1S/C15H10F6O2S/c16-14(17,18)11-6-10(7-12(8-11)15(19,20)21)9-24(22,23)13-4-2-1-3-5-13/h1-8H,9H2. The molecule has 0 atom stereocenters. The average Bonchev–Trinajstić information content (AvgIpc) is 2.45. The first kappa shape index (κ1) is 18.3. The maximum absolute atomic E-state index is 12.8. The van der Waals surface area contributed by atoms with Gasteiger partial charge in [0.05, 0.1) is 21.8 Å². The summed E-state index contributed by atoms with van der Waals surface area (Å²) in [6.07, 6.45) is -10.0. The maximum Gasteiger partial charge on any atom is 0.416 e. The molecule has 0 aliphatic carbocycles. The quantitative estimate of drug-likeness (QED) is 0.736. The molecular formula is C15H10F6O2S. The van der Waals surface area contributed by atoms with E-state index in [2.05, 4.69) is 0 Å². The topological polar surface area (TPSA) is 34.1 Å². The molecule has 0 heterocycles. The highest BCUT2D eigenvalue weighted by molar-refractivity contribution is 7.90. The molecule has 2 rings (SSSR count). The molecule has 2 aromatic rings.